The number of nitrogens with one attached hydrogen (secondary N) is 2. The molecule has 6 nitrogen and oxygen atoms in total. The third kappa shape index (κ3) is 5.23. The number of hydrogen-bond donors (Lipinski definition) is 2. The lowest BCUT2D eigenvalue weighted by atomic mass is 10.3. The molecule has 1 unspecified atom stereocenters. The Balaban J connectivity index is 3.79. The number of hydrogen-bond acceptors (Lipinski definition) is 4. The van der Waals surface area contributed by atoms with E-state index < -0.39 is 18.3 Å². The summed E-state index contributed by atoms with van der Waals surface area (Å²) in [7, 11) is 2.93. The molecule has 0 saturated carbocycles. The number of ether oxygens (including phenoxy) is 2. The second-order valence-electron chi connectivity index (χ2n) is 2.53. The number of amides is 2. The van der Waals surface area contributed by atoms with E-state index in [1.807, 2.05) is 6.92 Å². The third-order valence-corrected chi connectivity index (χ3v) is 1.54. The molecule has 0 radical (unpaired) electrons. The lowest BCUT2D eigenvalue weighted by Crippen LogP contribution is -2.31. The smallest absolute Gasteiger partial charge is 0.407 e. The molecule has 1 atom stereocenters. The highest BCUT2D eigenvalue weighted by Crippen LogP contribution is 1.99. The standard InChI is InChI=1S/C8H16N2O4/c1-4-6(14-8(12)10-3)5-13-7(11)9-2/h6H,4-5H2,1-3H3,(H,9,11)(H,10,12). The topological polar surface area (TPSA) is 76.7 Å². The third-order valence-electron chi connectivity index (χ3n) is 1.54. The molecule has 0 rings (SSSR count). The van der Waals surface area contributed by atoms with Crippen LogP contribution in [0.1, 0.15) is 13.3 Å². The SMILES string of the molecule is CCC(COC(=O)NC)OC(=O)NC. The summed E-state index contributed by atoms with van der Waals surface area (Å²) < 4.78 is 9.62. The molecule has 0 aromatic rings. The minimum atomic E-state index is -0.538. The van der Waals surface area contributed by atoms with Gasteiger partial charge in [-0.3, -0.25) is 0 Å². The normalized spacial score (nSPS) is 11.4. The van der Waals surface area contributed by atoms with Crippen molar-refractivity contribution in [3.8, 4) is 0 Å². The lowest BCUT2D eigenvalue weighted by molar-refractivity contribution is 0.0440. The van der Waals surface area contributed by atoms with Gasteiger partial charge >= 0.3 is 12.2 Å². The summed E-state index contributed by atoms with van der Waals surface area (Å²) in [6, 6.07) is 0. The van der Waals surface area contributed by atoms with Crippen LogP contribution >= 0.6 is 0 Å². The van der Waals surface area contributed by atoms with E-state index in [9.17, 15) is 9.59 Å². The quantitative estimate of drug-likeness (QED) is 0.698. The Morgan fingerprint density at radius 2 is 1.79 bits per heavy atom. The minimum absolute atomic E-state index is 0.0591. The number of carbonyl (C=O) groups excluding carboxylic acids is 2. The molecule has 0 aliphatic rings. The molecule has 0 aromatic carbocycles. The zero-order chi connectivity index (χ0) is 11.0. The van der Waals surface area contributed by atoms with Gasteiger partial charge in [0.05, 0.1) is 0 Å². The fourth-order valence-corrected chi connectivity index (χ4v) is 0.686. The van der Waals surface area contributed by atoms with Crippen LogP contribution in [0, 0.1) is 0 Å². The van der Waals surface area contributed by atoms with Crippen molar-refractivity contribution in [1.29, 1.82) is 0 Å². The van der Waals surface area contributed by atoms with Crippen molar-refractivity contribution in [2.45, 2.75) is 19.4 Å². The summed E-state index contributed by atoms with van der Waals surface area (Å²) in [5.41, 5.74) is 0. The van der Waals surface area contributed by atoms with Gasteiger partial charge in [0.15, 0.2) is 0 Å². The highest BCUT2D eigenvalue weighted by molar-refractivity contribution is 5.67. The zero-order valence-corrected chi connectivity index (χ0v) is 8.62. The summed E-state index contributed by atoms with van der Waals surface area (Å²) in [5, 5.41) is 4.61. The van der Waals surface area contributed by atoms with E-state index in [0.717, 1.165) is 0 Å². The lowest BCUT2D eigenvalue weighted by Gasteiger charge is -2.15. The van der Waals surface area contributed by atoms with E-state index in [-0.39, 0.29) is 6.61 Å². The Morgan fingerprint density at radius 1 is 1.21 bits per heavy atom. The fraction of sp³-hybridized carbons (Fsp3) is 0.750. The maximum Gasteiger partial charge on any atom is 0.407 e. The van der Waals surface area contributed by atoms with Crippen LogP contribution in [0.25, 0.3) is 0 Å². The van der Waals surface area contributed by atoms with Crippen LogP contribution in [0.3, 0.4) is 0 Å². The van der Waals surface area contributed by atoms with Crippen LogP contribution in [-0.4, -0.2) is 39.0 Å². The zero-order valence-electron chi connectivity index (χ0n) is 8.62. The van der Waals surface area contributed by atoms with E-state index in [2.05, 4.69) is 10.6 Å². The number of carbonyl (C=O) groups is 2. The van der Waals surface area contributed by atoms with Crippen molar-refractivity contribution in [3.05, 3.63) is 0 Å². The highest BCUT2D eigenvalue weighted by Gasteiger charge is 2.13. The molecular formula is C8H16N2O4. The Kier molecular flexibility index (Phi) is 6.26. The van der Waals surface area contributed by atoms with Gasteiger partial charge in [0, 0.05) is 14.1 Å². The van der Waals surface area contributed by atoms with Gasteiger partial charge < -0.3 is 20.1 Å². The summed E-state index contributed by atoms with van der Waals surface area (Å²) in [4.78, 5) is 21.5. The van der Waals surface area contributed by atoms with Gasteiger partial charge in [-0.15, -0.1) is 0 Å². The van der Waals surface area contributed by atoms with Gasteiger partial charge in [0.2, 0.25) is 0 Å². The first kappa shape index (κ1) is 12.5. The first-order valence-corrected chi connectivity index (χ1v) is 4.36. The summed E-state index contributed by atoms with van der Waals surface area (Å²) in [5.74, 6) is 0. The Labute approximate surface area is 82.9 Å². The van der Waals surface area contributed by atoms with Crippen molar-refractivity contribution in [2.75, 3.05) is 20.7 Å². The summed E-state index contributed by atoms with van der Waals surface area (Å²) >= 11 is 0. The average molecular weight is 204 g/mol. The van der Waals surface area contributed by atoms with E-state index >= 15 is 0 Å². The van der Waals surface area contributed by atoms with Crippen molar-refractivity contribution in [3.63, 3.8) is 0 Å². The van der Waals surface area contributed by atoms with E-state index in [0.29, 0.717) is 6.42 Å². The number of alkyl carbamates (subject to hydrolysis) is 2. The Hall–Kier alpha value is -1.46. The van der Waals surface area contributed by atoms with Gasteiger partial charge in [-0.25, -0.2) is 9.59 Å². The van der Waals surface area contributed by atoms with Gasteiger partial charge in [-0.2, -0.15) is 0 Å². The number of rotatable bonds is 4. The van der Waals surface area contributed by atoms with Crippen molar-refractivity contribution in [2.24, 2.45) is 0 Å². The molecule has 0 bridgehead atoms. The van der Waals surface area contributed by atoms with Crippen LogP contribution in [0.15, 0.2) is 0 Å². The van der Waals surface area contributed by atoms with Crippen molar-refractivity contribution >= 4 is 12.2 Å². The minimum Gasteiger partial charge on any atom is -0.446 e. The van der Waals surface area contributed by atoms with Crippen LogP contribution in [0.4, 0.5) is 9.59 Å². The predicted molar refractivity (Wildman–Crippen MR) is 50.0 cm³/mol. The van der Waals surface area contributed by atoms with Gasteiger partial charge in [0.25, 0.3) is 0 Å². The maximum atomic E-state index is 10.8. The molecule has 2 N–H and O–H groups in total. The van der Waals surface area contributed by atoms with Crippen LogP contribution < -0.4 is 10.6 Å². The second-order valence-corrected chi connectivity index (χ2v) is 2.53. The molecule has 0 aliphatic heterocycles. The monoisotopic (exact) mass is 204 g/mol. The molecule has 0 saturated heterocycles. The first-order chi connectivity index (χ1) is 6.63. The summed E-state index contributed by atoms with van der Waals surface area (Å²) in [6.07, 6.45) is -0.890. The van der Waals surface area contributed by atoms with Gasteiger partial charge in [-0.1, -0.05) is 6.92 Å². The van der Waals surface area contributed by atoms with Crippen LogP contribution in [-0.2, 0) is 9.47 Å². The fourth-order valence-electron chi connectivity index (χ4n) is 0.686. The average Bonchev–Trinajstić information content (AvgIpc) is 2.22. The first-order valence-electron chi connectivity index (χ1n) is 4.36. The molecule has 2 amide bonds. The van der Waals surface area contributed by atoms with Crippen LogP contribution in [0.5, 0.6) is 0 Å². The van der Waals surface area contributed by atoms with Crippen LogP contribution in [0.2, 0.25) is 0 Å². The molecule has 6 heteroatoms. The second kappa shape index (κ2) is 6.99. The molecule has 0 aliphatic carbocycles. The molecular weight excluding hydrogens is 188 g/mol. The van der Waals surface area contributed by atoms with Crippen molar-refractivity contribution in [1.82, 2.24) is 10.6 Å². The molecule has 0 aromatic heterocycles. The molecule has 0 heterocycles. The van der Waals surface area contributed by atoms with E-state index in [1.165, 1.54) is 14.1 Å². The van der Waals surface area contributed by atoms with Crippen molar-refractivity contribution < 1.29 is 19.1 Å². The largest absolute Gasteiger partial charge is 0.446 e. The Morgan fingerprint density at radius 3 is 2.21 bits per heavy atom. The molecule has 14 heavy (non-hydrogen) atoms. The molecule has 0 spiro atoms. The van der Waals surface area contributed by atoms with Gasteiger partial charge in [0.1, 0.15) is 12.7 Å². The highest BCUT2D eigenvalue weighted by atomic mass is 16.6. The molecule has 82 valence electrons. The molecule has 0 fully saturated rings. The van der Waals surface area contributed by atoms with Gasteiger partial charge in [-0.05, 0) is 6.42 Å². The predicted octanol–water partition coefficient (Wildman–Crippen LogP) is 0.477. The van der Waals surface area contributed by atoms with E-state index in [1.54, 1.807) is 0 Å². The maximum absolute atomic E-state index is 10.8. The summed E-state index contributed by atoms with van der Waals surface area (Å²) in [6.45, 7) is 1.89. The van der Waals surface area contributed by atoms with E-state index in [4.69, 9.17) is 9.47 Å². The Bertz CT molecular complexity index is 196.